The van der Waals surface area contributed by atoms with E-state index in [9.17, 15) is 0 Å². The summed E-state index contributed by atoms with van der Waals surface area (Å²) in [4.78, 5) is 2.35. The molecule has 0 atom stereocenters. The molecule has 80 valence electrons. The van der Waals surface area contributed by atoms with Crippen LogP contribution < -0.4 is 5.32 Å². The van der Waals surface area contributed by atoms with Crippen LogP contribution in [-0.4, -0.2) is 51.8 Å². The van der Waals surface area contributed by atoms with Gasteiger partial charge in [0, 0.05) is 33.3 Å². The molecule has 0 aromatic heterocycles. The van der Waals surface area contributed by atoms with E-state index < -0.39 is 0 Å². The van der Waals surface area contributed by atoms with Crippen LogP contribution in [0.2, 0.25) is 0 Å². The summed E-state index contributed by atoms with van der Waals surface area (Å²) >= 11 is 0. The zero-order valence-electron chi connectivity index (χ0n) is 9.47. The first kappa shape index (κ1) is 12.9. The number of hydrogen-bond acceptors (Lipinski definition) is 3. The van der Waals surface area contributed by atoms with E-state index in [0.29, 0.717) is 0 Å². The molecule has 0 aliphatic heterocycles. The zero-order chi connectivity index (χ0) is 10.1. The maximum atomic E-state index is 4.94. The fourth-order valence-electron chi connectivity index (χ4n) is 1.28. The van der Waals surface area contributed by atoms with Crippen LogP contribution in [-0.2, 0) is 4.74 Å². The van der Waals surface area contributed by atoms with E-state index in [2.05, 4.69) is 31.1 Å². The highest BCUT2D eigenvalue weighted by Gasteiger charge is 1.99. The Hall–Kier alpha value is -0.120. The molecule has 0 saturated heterocycles. The Morgan fingerprint density at radius 2 is 2.00 bits per heavy atom. The Balaban J connectivity index is 3.12. The molecule has 0 aromatic carbocycles. The van der Waals surface area contributed by atoms with Crippen molar-refractivity contribution in [3.63, 3.8) is 0 Å². The largest absolute Gasteiger partial charge is 0.383 e. The summed E-state index contributed by atoms with van der Waals surface area (Å²) < 4.78 is 4.94. The Morgan fingerprint density at radius 3 is 2.54 bits per heavy atom. The van der Waals surface area contributed by atoms with Gasteiger partial charge in [0.1, 0.15) is 0 Å². The van der Waals surface area contributed by atoms with Crippen LogP contribution in [0.15, 0.2) is 0 Å². The monoisotopic (exact) mass is 188 g/mol. The maximum Gasteiger partial charge on any atom is 0.0587 e. The van der Waals surface area contributed by atoms with Gasteiger partial charge in [-0.15, -0.1) is 0 Å². The van der Waals surface area contributed by atoms with E-state index >= 15 is 0 Å². The molecule has 3 nitrogen and oxygen atoms in total. The van der Waals surface area contributed by atoms with Crippen molar-refractivity contribution >= 4 is 0 Å². The highest BCUT2D eigenvalue weighted by Crippen LogP contribution is 1.93. The van der Waals surface area contributed by atoms with E-state index in [1.54, 1.807) is 7.11 Å². The average Bonchev–Trinajstić information content (AvgIpc) is 2.02. The van der Waals surface area contributed by atoms with Crippen molar-refractivity contribution in [1.82, 2.24) is 10.2 Å². The van der Waals surface area contributed by atoms with Crippen LogP contribution in [0.5, 0.6) is 0 Å². The quantitative estimate of drug-likeness (QED) is 0.571. The van der Waals surface area contributed by atoms with Crippen LogP contribution >= 0.6 is 0 Å². The van der Waals surface area contributed by atoms with Gasteiger partial charge in [-0.05, 0) is 13.0 Å². The van der Waals surface area contributed by atoms with Gasteiger partial charge in [0.05, 0.1) is 6.61 Å². The molecular formula is C10H24N2O. The van der Waals surface area contributed by atoms with Gasteiger partial charge in [-0.25, -0.2) is 0 Å². The molecule has 0 rings (SSSR count). The van der Waals surface area contributed by atoms with Crippen molar-refractivity contribution in [3.05, 3.63) is 0 Å². The van der Waals surface area contributed by atoms with E-state index in [1.165, 1.54) is 6.54 Å². The highest BCUT2D eigenvalue weighted by atomic mass is 16.5. The Labute approximate surface area is 82.4 Å². The SMILES string of the molecule is COCCNCCN(C)CC(C)C. The minimum absolute atomic E-state index is 0.754. The molecule has 0 bridgehead atoms. The van der Waals surface area contributed by atoms with E-state index in [-0.39, 0.29) is 0 Å². The van der Waals surface area contributed by atoms with Crippen molar-refractivity contribution < 1.29 is 4.74 Å². The van der Waals surface area contributed by atoms with Crippen molar-refractivity contribution in [1.29, 1.82) is 0 Å². The normalized spacial score (nSPS) is 11.5. The summed E-state index contributed by atoms with van der Waals surface area (Å²) in [6, 6.07) is 0. The van der Waals surface area contributed by atoms with Gasteiger partial charge in [-0.2, -0.15) is 0 Å². The number of nitrogens with zero attached hydrogens (tertiary/aromatic N) is 1. The molecular weight excluding hydrogens is 164 g/mol. The summed E-state index contributed by atoms with van der Waals surface area (Å²) in [5.41, 5.74) is 0. The van der Waals surface area contributed by atoms with E-state index in [0.717, 1.165) is 32.2 Å². The van der Waals surface area contributed by atoms with Crippen molar-refractivity contribution in [2.24, 2.45) is 5.92 Å². The first-order valence-electron chi connectivity index (χ1n) is 5.05. The summed E-state index contributed by atoms with van der Waals surface area (Å²) in [7, 11) is 3.89. The van der Waals surface area contributed by atoms with Crippen LogP contribution in [0.4, 0.5) is 0 Å². The maximum absolute atomic E-state index is 4.94. The second-order valence-corrected chi connectivity index (χ2v) is 3.90. The molecule has 0 saturated carbocycles. The average molecular weight is 188 g/mol. The lowest BCUT2D eigenvalue weighted by Crippen LogP contribution is -2.32. The van der Waals surface area contributed by atoms with Crippen LogP contribution in [0.3, 0.4) is 0 Å². The molecule has 0 amide bonds. The summed E-state index contributed by atoms with van der Waals surface area (Å²) in [6.45, 7) is 9.57. The second-order valence-electron chi connectivity index (χ2n) is 3.90. The van der Waals surface area contributed by atoms with Crippen LogP contribution in [0.25, 0.3) is 0 Å². The summed E-state index contributed by atoms with van der Waals surface area (Å²) in [5, 5.41) is 3.32. The first-order valence-corrected chi connectivity index (χ1v) is 5.05. The third kappa shape index (κ3) is 9.80. The minimum atomic E-state index is 0.754. The van der Waals surface area contributed by atoms with E-state index in [4.69, 9.17) is 4.74 Å². The Morgan fingerprint density at radius 1 is 1.31 bits per heavy atom. The van der Waals surface area contributed by atoms with Crippen LogP contribution in [0.1, 0.15) is 13.8 Å². The number of likely N-dealkylation sites (N-methyl/N-ethyl adjacent to an activating group) is 1. The molecule has 0 spiro atoms. The zero-order valence-corrected chi connectivity index (χ0v) is 9.47. The number of methoxy groups -OCH3 is 1. The molecule has 1 N–H and O–H groups in total. The predicted octanol–water partition coefficient (Wildman–Crippen LogP) is 0.810. The smallest absolute Gasteiger partial charge is 0.0587 e. The lowest BCUT2D eigenvalue weighted by Gasteiger charge is -2.18. The van der Waals surface area contributed by atoms with Gasteiger partial charge in [0.2, 0.25) is 0 Å². The van der Waals surface area contributed by atoms with Crippen molar-refractivity contribution in [2.45, 2.75) is 13.8 Å². The van der Waals surface area contributed by atoms with Gasteiger partial charge < -0.3 is 15.0 Å². The number of hydrogen-bond donors (Lipinski definition) is 1. The molecule has 0 unspecified atom stereocenters. The van der Waals surface area contributed by atoms with Crippen molar-refractivity contribution in [2.75, 3.05) is 46.9 Å². The topological polar surface area (TPSA) is 24.5 Å². The van der Waals surface area contributed by atoms with Gasteiger partial charge in [0.25, 0.3) is 0 Å². The predicted molar refractivity (Wildman–Crippen MR) is 57.1 cm³/mol. The summed E-state index contributed by atoms with van der Waals surface area (Å²) in [5.74, 6) is 0.754. The fraction of sp³-hybridized carbons (Fsp3) is 1.00. The Kier molecular flexibility index (Phi) is 8.40. The molecule has 0 aromatic rings. The second kappa shape index (κ2) is 8.48. The van der Waals surface area contributed by atoms with Gasteiger partial charge >= 0.3 is 0 Å². The number of rotatable bonds is 8. The first-order chi connectivity index (χ1) is 6.16. The number of ether oxygens (including phenoxy) is 1. The fourth-order valence-corrected chi connectivity index (χ4v) is 1.28. The van der Waals surface area contributed by atoms with Gasteiger partial charge in [-0.3, -0.25) is 0 Å². The van der Waals surface area contributed by atoms with Gasteiger partial charge in [0.15, 0.2) is 0 Å². The van der Waals surface area contributed by atoms with E-state index in [1.807, 2.05) is 0 Å². The molecule has 0 aliphatic carbocycles. The third-order valence-electron chi connectivity index (χ3n) is 1.83. The molecule has 0 radical (unpaired) electrons. The lowest BCUT2D eigenvalue weighted by molar-refractivity contribution is 0.197. The lowest BCUT2D eigenvalue weighted by atomic mass is 10.2. The number of nitrogens with one attached hydrogen (secondary N) is 1. The van der Waals surface area contributed by atoms with Crippen molar-refractivity contribution in [3.8, 4) is 0 Å². The standard InChI is InChI=1S/C10H24N2O/c1-10(2)9-12(3)7-5-11-6-8-13-4/h10-11H,5-9H2,1-4H3. The highest BCUT2D eigenvalue weighted by molar-refractivity contribution is 4.56. The van der Waals surface area contributed by atoms with Gasteiger partial charge in [-0.1, -0.05) is 13.8 Å². The molecule has 3 heteroatoms. The summed E-state index contributed by atoms with van der Waals surface area (Å²) in [6.07, 6.45) is 0. The molecule has 13 heavy (non-hydrogen) atoms. The minimum Gasteiger partial charge on any atom is -0.383 e. The molecule has 0 aliphatic rings. The van der Waals surface area contributed by atoms with Crippen LogP contribution in [0, 0.1) is 5.92 Å². The molecule has 0 fully saturated rings. The Bertz CT molecular complexity index is 107. The molecule has 0 heterocycles. The third-order valence-corrected chi connectivity index (χ3v) is 1.83.